The van der Waals surface area contributed by atoms with Crippen molar-refractivity contribution in [2.24, 2.45) is 0 Å². The van der Waals surface area contributed by atoms with E-state index in [0.717, 1.165) is 5.52 Å². The van der Waals surface area contributed by atoms with Crippen molar-refractivity contribution >= 4 is 11.4 Å². The molecule has 0 spiro atoms. The van der Waals surface area contributed by atoms with Gasteiger partial charge in [-0.1, -0.05) is 12.1 Å². The van der Waals surface area contributed by atoms with E-state index >= 15 is 0 Å². The molecule has 0 radical (unpaired) electrons. The Balaban J connectivity index is 1.65. The van der Waals surface area contributed by atoms with Gasteiger partial charge in [0.25, 0.3) is 5.91 Å². The molecule has 0 saturated heterocycles. The van der Waals surface area contributed by atoms with Crippen molar-refractivity contribution in [3.63, 3.8) is 0 Å². The number of nitrogens with one attached hydrogen (secondary N) is 1. The van der Waals surface area contributed by atoms with Crippen molar-refractivity contribution in [3.05, 3.63) is 66.2 Å². The Bertz CT molecular complexity index is 829. The first-order valence-corrected chi connectivity index (χ1v) is 7.19. The second-order valence-corrected chi connectivity index (χ2v) is 5.14. The fourth-order valence-corrected chi connectivity index (χ4v) is 2.32. The second kappa shape index (κ2) is 6.50. The smallest absolute Gasteiger partial charge is 0.251 e. The Kier molecular flexibility index (Phi) is 4.25. The highest BCUT2D eigenvalue weighted by Crippen LogP contribution is 2.18. The Hall–Kier alpha value is -2.86. The topological polar surface area (TPSA) is 75.9 Å². The highest BCUT2D eigenvalue weighted by Gasteiger charge is 2.12. The van der Waals surface area contributed by atoms with Crippen LogP contribution in [0.4, 0.5) is 0 Å². The Labute approximate surface area is 133 Å². The number of imidazole rings is 1. The molecular weight excluding hydrogens is 294 g/mol. The number of fused-ring (bicyclic) bond motifs is 1. The standard InChI is InChI=1S/C17H17N3O3/c1-23-15-4-2-3-12(8-15)16(21)10-19-17(22)13-5-6-20-11-18-9-14(20)7-13/h2-9,11,16,21H,10H2,1H3,(H,19,22). The van der Waals surface area contributed by atoms with E-state index in [1.54, 1.807) is 62.2 Å². The number of rotatable bonds is 5. The molecule has 0 fully saturated rings. The maximum absolute atomic E-state index is 12.2. The second-order valence-electron chi connectivity index (χ2n) is 5.14. The maximum Gasteiger partial charge on any atom is 0.251 e. The third-order valence-corrected chi connectivity index (χ3v) is 3.61. The minimum Gasteiger partial charge on any atom is -0.497 e. The zero-order valence-corrected chi connectivity index (χ0v) is 12.6. The van der Waals surface area contributed by atoms with Crippen molar-refractivity contribution in [3.8, 4) is 5.75 Å². The quantitative estimate of drug-likeness (QED) is 0.753. The van der Waals surface area contributed by atoms with Crippen molar-refractivity contribution in [2.75, 3.05) is 13.7 Å². The van der Waals surface area contributed by atoms with Crippen LogP contribution < -0.4 is 10.1 Å². The van der Waals surface area contributed by atoms with Gasteiger partial charge in [0.1, 0.15) is 5.75 Å². The third-order valence-electron chi connectivity index (χ3n) is 3.61. The summed E-state index contributed by atoms with van der Waals surface area (Å²) in [6, 6.07) is 10.6. The van der Waals surface area contributed by atoms with E-state index in [1.807, 2.05) is 4.40 Å². The van der Waals surface area contributed by atoms with Gasteiger partial charge in [-0.2, -0.15) is 0 Å². The predicted molar refractivity (Wildman–Crippen MR) is 85.5 cm³/mol. The fourth-order valence-electron chi connectivity index (χ4n) is 2.32. The number of aliphatic hydroxyl groups is 1. The van der Waals surface area contributed by atoms with Gasteiger partial charge in [-0.15, -0.1) is 0 Å². The maximum atomic E-state index is 12.2. The molecule has 3 rings (SSSR count). The molecule has 0 bridgehead atoms. The largest absolute Gasteiger partial charge is 0.497 e. The molecule has 0 aliphatic heterocycles. The molecule has 0 saturated carbocycles. The van der Waals surface area contributed by atoms with E-state index in [2.05, 4.69) is 10.3 Å². The molecule has 1 unspecified atom stereocenters. The van der Waals surface area contributed by atoms with Crippen molar-refractivity contribution in [1.29, 1.82) is 0 Å². The summed E-state index contributed by atoms with van der Waals surface area (Å²) < 4.78 is 6.95. The lowest BCUT2D eigenvalue weighted by molar-refractivity contribution is 0.0916. The molecule has 3 aromatic rings. The summed E-state index contributed by atoms with van der Waals surface area (Å²) >= 11 is 0. The Morgan fingerprint density at radius 2 is 2.26 bits per heavy atom. The van der Waals surface area contributed by atoms with E-state index < -0.39 is 6.10 Å². The first-order chi connectivity index (χ1) is 11.2. The summed E-state index contributed by atoms with van der Waals surface area (Å²) in [5.41, 5.74) is 2.05. The van der Waals surface area contributed by atoms with Crippen molar-refractivity contribution in [1.82, 2.24) is 14.7 Å². The van der Waals surface area contributed by atoms with Crippen LogP contribution in [0.5, 0.6) is 5.75 Å². The van der Waals surface area contributed by atoms with E-state index in [1.165, 1.54) is 0 Å². The van der Waals surface area contributed by atoms with Crippen LogP contribution in [-0.2, 0) is 0 Å². The predicted octanol–water partition coefficient (Wildman–Crippen LogP) is 1.81. The van der Waals surface area contributed by atoms with Crippen LogP contribution in [0.25, 0.3) is 5.52 Å². The number of pyridine rings is 1. The summed E-state index contributed by atoms with van der Waals surface area (Å²) in [5, 5.41) is 12.9. The van der Waals surface area contributed by atoms with Gasteiger partial charge >= 0.3 is 0 Å². The lowest BCUT2D eigenvalue weighted by atomic mass is 10.1. The van der Waals surface area contributed by atoms with Crippen LogP contribution in [0.1, 0.15) is 22.0 Å². The molecule has 2 N–H and O–H groups in total. The number of hydrogen-bond acceptors (Lipinski definition) is 4. The Morgan fingerprint density at radius 3 is 3.09 bits per heavy atom. The van der Waals surface area contributed by atoms with E-state index in [9.17, 15) is 9.90 Å². The highest BCUT2D eigenvalue weighted by atomic mass is 16.5. The lowest BCUT2D eigenvalue weighted by Gasteiger charge is -2.13. The van der Waals surface area contributed by atoms with E-state index in [4.69, 9.17) is 4.74 Å². The minimum absolute atomic E-state index is 0.121. The number of carbonyl (C=O) groups excluding carboxylic acids is 1. The van der Waals surface area contributed by atoms with Crippen LogP contribution in [0.2, 0.25) is 0 Å². The zero-order chi connectivity index (χ0) is 16.2. The molecule has 6 nitrogen and oxygen atoms in total. The van der Waals surface area contributed by atoms with Crippen LogP contribution in [0.3, 0.4) is 0 Å². The van der Waals surface area contributed by atoms with Crippen LogP contribution >= 0.6 is 0 Å². The first-order valence-electron chi connectivity index (χ1n) is 7.19. The summed E-state index contributed by atoms with van der Waals surface area (Å²) in [6.45, 7) is 0.121. The van der Waals surface area contributed by atoms with Crippen LogP contribution in [0, 0.1) is 0 Å². The molecule has 1 amide bonds. The molecular formula is C17H17N3O3. The summed E-state index contributed by atoms with van der Waals surface area (Å²) in [5.74, 6) is 0.426. The molecule has 23 heavy (non-hydrogen) atoms. The number of carbonyl (C=O) groups is 1. The SMILES string of the molecule is COc1cccc(C(O)CNC(=O)c2ccn3cncc3c2)c1. The van der Waals surface area contributed by atoms with Gasteiger partial charge in [-0.3, -0.25) is 4.79 Å². The van der Waals surface area contributed by atoms with Crippen LogP contribution in [0.15, 0.2) is 55.1 Å². The molecule has 2 aromatic heterocycles. The van der Waals surface area contributed by atoms with Gasteiger partial charge in [0.15, 0.2) is 0 Å². The van der Waals surface area contributed by atoms with Gasteiger partial charge in [0, 0.05) is 18.3 Å². The minimum atomic E-state index is -0.798. The zero-order valence-electron chi connectivity index (χ0n) is 12.6. The number of amides is 1. The number of methoxy groups -OCH3 is 1. The third kappa shape index (κ3) is 3.32. The van der Waals surface area contributed by atoms with Gasteiger partial charge in [0.2, 0.25) is 0 Å². The number of hydrogen-bond donors (Lipinski definition) is 2. The van der Waals surface area contributed by atoms with E-state index in [0.29, 0.717) is 16.9 Å². The van der Waals surface area contributed by atoms with Crippen LogP contribution in [-0.4, -0.2) is 34.1 Å². The summed E-state index contributed by atoms with van der Waals surface area (Å²) in [7, 11) is 1.57. The molecule has 0 aliphatic rings. The molecule has 6 heteroatoms. The van der Waals surface area contributed by atoms with Crippen molar-refractivity contribution in [2.45, 2.75) is 6.10 Å². The number of aliphatic hydroxyl groups excluding tert-OH is 1. The highest BCUT2D eigenvalue weighted by molar-refractivity contribution is 5.95. The monoisotopic (exact) mass is 311 g/mol. The van der Waals surface area contributed by atoms with Gasteiger partial charge in [0.05, 0.1) is 31.3 Å². The van der Waals surface area contributed by atoms with Gasteiger partial charge in [-0.05, 0) is 29.8 Å². The average Bonchev–Trinajstić information content (AvgIpc) is 3.07. The average molecular weight is 311 g/mol. The summed E-state index contributed by atoms with van der Waals surface area (Å²) in [4.78, 5) is 16.2. The number of ether oxygens (including phenoxy) is 1. The molecule has 0 aliphatic carbocycles. The van der Waals surface area contributed by atoms with E-state index in [-0.39, 0.29) is 12.5 Å². The number of benzene rings is 1. The molecule has 118 valence electrons. The molecule has 1 atom stereocenters. The number of nitrogens with zero attached hydrogens (tertiary/aromatic N) is 2. The first kappa shape index (κ1) is 15.1. The summed E-state index contributed by atoms with van der Waals surface area (Å²) in [6.07, 6.45) is 4.33. The number of aromatic nitrogens is 2. The molecule has 1 aromatic carbocycles. The fraction of sp³-hybridized carbons (Fsp3) is 0.176. The Morgan fingerprint density at radius 1 is 1.39 bits per heavy atom. The normalized spacial score (nSPS) is 12.1. The van der Waals surface area contributed by atoms with Gasteiger partial charge in [-0.25, -0.2) is 4.98 Å². The molecule has 2 heterocycles. The lowest BCUT2D eigenvalue weighted by Crippen LogP contribution is -2.28. The van der Waals surface area contributed by atoms with Crippen molar-refractivity contribution < 1.29 is 14.6 Å². The van der Waals surface area contributed by atoms with Gasteiger partial charge < -0.3 is 19.6 Å².